The first kappa shape index (κ1) is 64.8. The SMILES string of the molecule is CCC(C)C(NC(=O)C1CCCN1C(=O)C1CCCN1C(=O)C(N)CO)C(=O)NC(CCCN=C(N)N)C(=O)NC(Cc1c[nH]c2ccccc12)C(=O)N1CCCC1C(=O)NC(CCCN=C(N)N)C(=O)NC(Cc1c[nH]c2ccccc12)C(=O)O. The summed E-state index contributed by atoms with van der Waals surface area (Å²) in [5.74, 6) is -7.46. The number of carboxylic acid groups (broad SMARTS) is 1. The smallest absolute Gasteiger partial charge is 0.326 e. The lowest BCUT2D eigenvalue weighted by molar-refractivity contribution is -0.147. The number of hydrogen-bond acceptors (Lipinski definition) is 13. The number of nitrogens with one attached hydrogen (secondary N) is 7. The van der Waals surface area contributed by atoms with E-state index >= 15 is 4.79 Å². The number of guanidine groups is 2. The summed E-state index contributed by atoms with van der Waals surface area (Å²) < 4.78 is 0. The quantitative estimate of drug-likeness (QED) is 0.0165. The molecule has 3 saturated heterocycles. The van der Waals surface area contributed by atoms with Crippen LogP contribution in [0.2, 0.25) is 0 Å². The van der Waals surface area contributed by atoms with Gasteiger partial charge in [-0.15, -0.1) is 0 Å². The summed E-state index contributed by atoms with van der Waals surface area (Å²) in [4.78, 5) is 146. The lowest BCUT2D eigenvalue weighted by Gasteiger charge is -2.33. The lowest BCUT2D eigenvalue weighted by atomic mass is 9.96. The highest BCUT2D eigenvalue weighted by molar-refractivity contribution is 5.99. The first-order chi connectivity index (χ1) is 41.2. The van der Waals surface area contributed by atoms with Crippen molar-refractivity contribution in [3.8, 4) is 0 Å². The number of aliphatic hydroxyl groups excluding tert-OH is 1. The molecule has 19 N–H and O–H groups in total. The molecule has 10 atom stereocenters. The fourth-order valence-corrected chi connectivity index (χ4v) is 11.6. The van der Waals surface area contributed by atoms with Gasteiger partial charge < -0.3 is 90.1 Å². The number of nitrogens with two attached hydrogens (primary N) is 5. The van der Waals surface area contributed by atoms with Crippen LogP contribution in [-0.2, 0) is 56.0 Å². The molecule has 4 aromatic rings. The fourth-order valence-electron chi connectivity index (χ4n) is 11.6. The predicted molar refractivity (Wildman–Crippen MR) is 320 cm³/mol. The number of benzene rings is 2. The fraction of sp³-hybridized carbons (Fsp3) is 0.534. The minimum atomic E-state index is -1.40. The second kappa shape index (κ2) is 30.3. The number of rotatable bonds is 29. The van der Waals surface area contributed by atoms with E-state index in [1.807, 2.05) is 55.5 Å². The van der Waals surface area contributed by atoms with Crippen molar-refractivity contribution in [2.75, 3.05) is 39.3 Å². The van der Waals surface area contributed by atoms with Gasteiger partial charge in [0.25, 0.3) is 0 Å². The Morgan fingerprint density at radius 1 is 0.605 bits per heavy atom. The van der Waals surface area contributed by atoms with E-state index in [1.165, 1.54) is 14.7 Å². The highest BCUT2D eigenvalue weighted by atomic mass is 16.4. The van der Waals surface area contributed by atoms with Crippen molar-refractivity contribution in [1.29, 1.82) is 0 Å². The molecule has 2 aromatic heterocycles. The standard InChI is InChI=1S/C58H83N17O11/c1-3-32(2)47(72-51(80)45-20-11-25-74(45)55(84)46-21-12-26-75(46)53(82)37(59)31-76)52(81)69-41(18-9-23-65-58(62)63)48(77)70-42(27-33-29-66-38-15-6-4-13-35(33)38)54(83)73-24-10-19-44(73)50(79)68-40(17-8-22-64-57(60)61)49(78)71-43(56(85)86)28-34-30-67-39-16-7-5-14-36(34)39/h4-7,13-16,29-30,32,37,40-47,66-67,76H,3,8-12,17-28,31,59H2,1-2H3,(H,68,79)(H,69,81)(H,70,77)(H,71,78)(H,72,80)(H,85,86)(H4,60,61,64)(H4,62,63,65). The molecule has 3 aliphatic rings. The van der Waals surface area contributed by atoms with Crippen molar-refractivity contribution < 1.29 is 53.4 Å². The molecule has 0 aliphatic carbocycles. The topological polar surface area (TPSA) is 450 Å². The largest absolute Gasteiger partial charge is 0.480 e. The van der Waals surface area contributed by atoms with Gasteiger partial charge in [-0.25, -0.2) is 4.79 Å². The molecule has 466 valence electrons. The van der Waals surface area contributed by atoms with E-state index in [0.717, 1.165) is 21.8 Å². The van der Waals surface area contributed by atoms with E-state index < -0.39 is 120 Å². The maximum atomic E-state index is 15.2. The molecule has 28 heteroatoms. The van der Waals surface area contributed by atoms with Gasteiger partial charge in [0.05, 0.1) is 6.61 Å². The molecule has 10 unspecified atom stereocenters. The van der Waals surface area contributed by atoms with Crippen molar-refractivity contribution in [2.24, 2.45) is 44.6 Å². The zero-order valence-corrected chi connectivity index (χ0v) is 48.7. The van der Waals surface area contributed by atoms with E-state index in [0.29, 0.717) is 43.2 Å². The van der Waals surface area contributed by atoms with Crippen molar-refractivity contribution in [1.82, 2.24) is 51.3 Å². The average Bonchev–Trinajstić information content (AvgIpc) is 4.08. The number of aromatic amines is 2. The van der Waals surface area contributed by atoms with Crippen LogP contribution in [0.4, 0.5) is 0 Å². The Morgan fingerprint density at radius 3 is 1.58 bits per heavy atom. The monoisotopic (exact) mass is 1190 g/mol. The predicted octanol–water partition coefficient (Wildman–Crippen LogP) is -1.61. The molecule has 0 saturated carbocycles. The molecule has 3 fully saturated rings. The van der Waals surface area contributed by atoms with Gasteiger partial charge in [-0.05, 0) is 93.4 Å². The third kappa shape index (κ3) is 16.3. The third-order valence-corrected chi connectivity index (χ3v) is 16.4. The van der Waals surface area contributed by atoms with Gasteiger partial charge in [-0.2, -0.15) is 0 Å². The van der Waals surface area contributed by atoms with E-state index in [4.69, 9.17) is 28.7 Å². The third-order valence-electron chi connectivity index (χ3n) is 16.4. The summed E-state index contributed by atoms with van der Waals surface area (Å²) >= 11 is 0. The zero-order chi connectivity index (χ0) is 62.2. The van der Waals surface area contributed by atoms with Crippen LogP contribution in [0, 0.1) is 5.92 Å². The Hall–Kier alpha value is -8.79. The van der Waals surface area contributed by atoms with Crippen molar-refractivity contribution >= 4 is 87.0 Å². The number of likely N-dealkylation sites (tertiary alicyclic amines) is 3. The summed E-state index contributed by atoms with van der Waals surface area (Å²) in [7, 11) is 0. The van der Waals surface area contributed by atoms with Gasteiger partial charge >= 0.3 is 5.97 Å². The number of nitrogens with zero attached hydrogens (tertiary/aromatic N) is 5. The Morgan fingerprint density at radius 2 is 1.06 bits per heavy atom. The minimum Gasteiger partial charge on any atom is -0.480 e. The number of hydrogen-bond donors (Lipinski definition) is 14. The molecule has 0 radical (unpaired) electrons. The van der Waals surface area contributed by atoms with Gasteiger partial charge in [-0.1, -0.05) is 56.7 Å². The van der Waals surface area contributed by atoms with Gasteiger partial charge in [-0.3, -0.25) is 48.3 Å². The number of H-pyrrole nitrogens is 2. The molecule has 3 aliphatic heterocycles. The molecule has 28 nitrogen and oxygen atoms in total. The number of aliphatic imine (C=N–C) groups is 2. The summed E-state index contributed by atoms with van der Waals surface area (Å²) in [6.45, 7) is 3.69. The number of amides is 8. The number of aromatic nitrogens is 2. The lowest BCUT2D eigenvalue weighted by Crippen LogP contribution is -2.61. The van der Waals surface area contributed by atoms with Gasteiger partial charge in [0.1, 0.15) is 54.4 Å². The normalized spacial score (nSPS) is 19.1. The number of aliphatic carboxylic acids is 1. The molecule has 2 aromatic carbocycles. The average molecular weight is 1190 g/mol. The van der Waals surface area contributed by atoms with Crippen LogP contribution in [0.15, 0.2) is 70.9 Å². The number of carboxylic acids is 1. The van der Waals surface area contributed by atoms with Gasteiger partial charge in [0.15, 0.2) is 11.9 Å². The maximum absolute atomic E-state index is 15.2. The first-order valence-electron chi connectivity index (χ1n) is 29.4. The molecular weight excluding hydrogens is 1110 g/mol. The number of carbonyl (C=O) groups excluding carboxylic acids is 8. The van der Waals surface area contributed by atoms with Crippen molar-refractivity contribution in [2.45, 2.75) is 152 Å². The van der Waals surface area contributed by atoms with Gasteiger partial charge in [0.2, 0.25) is 47.3 Å². The molecule has 0 bridgehead atoms. The number of para-hydroxylation sites is 2. The summed E-state index contributed by atoms with van der Waals surface area (Å²) in [5.41, 5.74) is 31.1. The van der Waals surface area contributed by atoms with Gasteiger partial charge in [0, 0.05) is 79.8 Å². The highest BCUT2D eigenvalue weighted by Gasteiger charge is 2.45. The Balaban J connectivity index is 1.11. The van der Waals surface area contributed by atoms with Crippen LogP contribution >= 0.6 is 0 Å². The van der Waals surface area contributed by atoms with Crippen LogP contribution < -0.4 is 55.3 Å². The molecule has 5 heterocycles. The second-order valence-corrected chi connectivity index (χ2v) is 22.3. The number of aliphatic hydroxyl groups is 1. The maximum Gasteiger partial charge on any atom is 0.326 e. The van der Waals surface area contributed by atoms with Crippen molar-refractivity contribution in [3.05, 3.63) is 72.1 Å². The molecule has 8 amide bonds. The van der Waals surface area contributed by atoms with Crippen LogP contribution in [0.1, 0.15) is 95.6 Å². The summed E-state index contributed by atoms with van der Waals surface area (Å²) in [5, 5.41) is 35.4. The van der Waals surface area contributed by atoms with E-state index in [2.05, 4.69) is 46.5 Å². The molecule has 0 spiro atoms. The Kier molecular flexibility index (Phi) is 22.8. The van der Waals surface area contributed by atoms with Crippen LogP contribution in [0.3, 0.4) is 0 Å². The van der Waals surface area contributed by atoms with E-state index in [9.17, 15) is 48.6 Å². The Bertz CT molecular complexity index is 3140. The Labute approximate surface area is 497 Å². The minimum absolute atomic E-state index is 0.0185. The highest BCUT2D eigenvalue weighted by Crippen LogP contribution is 2.28. The second-order valence-electron chi connectivity index (χ2n) is 22.3. The number of fused-ring (bicyclic) bond motifs is 2. The summed E-state index contributed by atoms with van der Waals surface area (Å²) in [6.07, 6.45) is 6.09. The number of carbonyl (C=O) groups is 9. The van der Waals surface area contributed by atoms with Crippen LogP contribution in [0.25, 0.3) is 21.8 Å². The molecule has 7 rings (SSSR count). The zero-order valence-electron chi connectivity index (χ0n) is 48.7. The van der Waals surface area contributed by atoms with Crippen molar-refractivity contribution in [3.63, 3.8) is 0 Å². The first-order valence-corrected chi connectivity index (χ1v) is 29.4. The van der Waals surface area contributed by atoms with E-state index in [-0.39, 0.29) is 96.0 Å². The van der Waals surface area contributed by atoms with Crippen LogP contribution in [-0.4, -0.2) is 194 Å². The summed E-state index contributed by atoms with van der Waals surface area (Å²) in [6, 6.07) is 3.82. The molecular formula is C58H83N17O11. The van der Waals surface area contributed by atoms with E-state index in [1.54, 1.807) is 19.3 Å². The van der Waals surface area contributed by atoms with Crippen LogP contribution in [0.5, 0.6) is 0 Å². The molecule has 86 heavy (non-hydrogen) atoms.